The van der Waals surface area contributed by atoms with Crippen LogP contribution >= 0.6 is 27.3 Å². The zero-order valence-electron chi connectivity index (χ0n) is 11.1. The van der Waals surface area contributed by atoms with E-state index in [9.17, 15) is 4.79 Å². The van der Waals surface area contributed by atoms with Crippen LogP contribution < -0.4 is 5.32 Å². The smallest absolute Gasteiger partial charge is 0.231 e. The Morgan fingerprint density at radius 2 is 2.21 bits per heavy atom. The molecule has 2 saturated heterocycles. The van der Waals surface area contributed by atoms with Crippen molar-refractivity contribution < 1.29 is 4.79 Å². The van der Waals surface area contributed by atoms with Crippen molar-refractivity contribution in [3.63, 3.8) is 0 Å². The molecule has 0 saturated carbocycles. The van der Waals surface area contributed by atoms with E-state index in [0.29, 0.717) is 18.0 Å². The fourth-order valence-corrected chi connectivity index (χ4v) is 4.72. The third kappa shape index (κ3) is 2.60. The largest absolute Gasteiger partial charge is 0.335 e. The summed E-state index contributed by atoms with van der Waals surface area (Å²) in [5, 5.41) is 3.45. The molecule has 3 atom stereocenters. The molecule has 3 rings (SSSR count). The van der Waals surface area contributed by atoms with E-state index in [-0.39, 0.29) is 5.92 Å². The predicted octanol–water partition coefficient (Wildman–Crippen LogP) is 2.97. The summed E-state index contributed by atoms with van der Waals surface area (Å²) in [7, 11) is 0. The molecule has 2 fully saturated rings. The Kier molecular flexibility index (Phi) is 3.96. The standard InChI is InChI=1S/C14H19BrN2OS/c1-9(12-4-5-13(15)19-12)14(18)17-10-2-3-11(17)8-16-7-6-10/h4-5,9-11,16H,2-3,6-8H2,1H3. The number of hydrogen-bond acceptors (Lipinski definition) is 3. The summed E-state index contributed by atoms with van der Waals surface area (Å²) < 4.78 is 1.10. The van der Waals surface area contributed by atoms with Gasteiger partial charge in [0.05, 0.1) is 9.70 Å². The molecule has 1 aromatic rings. The number of hydrogen-bond donors (Lipinski definition) is 1. The molecule has 0 aliphatic carbocycles. The lowest BCUT2D eigenvalue weighted by Gasteiger charge is -2.30. The first-order valence-corrected chi connectivity index (χ1v) is 8.56. The Labute approximate surface area is 126 Å². The molecule has 1 amide bonds. The lowest BCUT2D eigenvalue weighted by Crippen LogP contribution is -2.44. The highest BCUT2D eigenvalue weighted by Gasteiger charge is 2.39. The minimum Gasteiger partial charge on any atom is -0.335 e. The number of carbonyl (C=O) groups is 1. The number of fused-ring (bicyclic) bond motifs is 2. The predicted molar refractivity (Wildman–Crippen MR) is 81.6 cm³/mol. The summed E-state index contributed by atoms with van der Waals surface area (Å²) in [6, 6.07) is 4.96. The van der Waals surface area contributed by atoms with E-state index in [4.69, 9.17) is 0 Å². The van der Waals surface area contributed by atoms with E-state index < -0.39 is 0 Å². The highest BCUT2D eigenvalue weighted by molar-refractivity contribution is 9.11. The molecule has 5 heteroatoms. The van der Waals surface area contributed by atoms with Crippen LogP contribution in [0.5, 0.6) is 0 Å². The Morgan fingerprint density at radius 3 is 2.95 bits per heavy atom. The fraction of sp³-hybridized carbons (Fsp3) is 0.643. The van der Waals surface area contributed by atoms with Gasteiger partial charge in [-0.1, -0.05) is 0 Å². The zero-order valence-corrected chi connectivity index (χ0v) is 13.5. The van der Waals surface area contributed by atoms with Crippen molar-refractivity contribution in [2.75, 3.05) is 13.1 Å². The monoisotopic (exact) mass is 342 g/mol. The van der Waals surface area contributed by atoms with Crippen LogP contribution in [0.4, 0.5) is 0 Å². The number of thiophene rings is 1. The Balaban J connectivity index is 1.79. The van der Waals surface area contributed by atoms with Crippen LogP contribution in [0.3, 0.4) is 0 Å². The Hall–Kier alpha value is -0.390. The number of amides is 1. The second-order valence-electron chi connectivity index (χ2n) is 5.49. The number of nitrogens with one attached hydrogen (secondary N) is 1. The molecule has 19 heavy (non-hydrogen) atoms. The van der Waals surface area contributed by atoms with Crippen LogP contribution in [-0.4, -0.2) is 36.0 Å². The second kappa shape index (κ2) is 5.54. The van der Waals surface area contributed by atoms with Gasteiger partial charge in [0.1, 0.15) is 0 Å². The minimum atomic E-state index is -0.0162. The second-order valence-corrected chi connectivity index (χ2v) is 7.98. The molecule has 1 aromatic heterocycles. The maximum Gasteiger partial charge on any atom is 0.231 e. The number of halogens is 1. The Bertz CT molecular complexity index is 462. The van der Waals surface area contributed by atoms with Gasteiger partial charge in [-0.05, 0) is 60.8 Å². The van der Waals surface area contributed by atoms with E-state index >= 15 is 0 Å². The van der Waals surface area contributed by atoms with Crippen LogP contribution in [0, 0.1) is 0 Å². The molecule has 0 spiro atoms. The number of rotatable bonds is 2. The molecule has 104 valence electrons. The van der Waals surface area contributed by atoms with Crippen molar-refractivity contribution in [2.24, 2.45) is 0 Å². The van der Waals surface area contributed by atoms with E-state index in [0.717, 1.165) is 34.6 Å². The summed E-state index contributed by atoms with van der Waals surface area (Å²) in [6.07, 6.45) is 3.44. The first kappa shape index (κ1) is 13.6. The van der Waals surface area contributed by atoms with Crippen LogP contribution in [0.1, 0.15) is 37.0 Å². The van der Waals surface area contributed by atoms with Gasteiger partial charge in [-0.2, -0.15) is 0 Å². The van der Waals surface area contributed by atoms with E-state index in [1.807, 2.05) is 13.0 Å². The van der Waals surface area contributed by atoms with E-state index in [1.165, 1.54) is 6.42 Å². The summed E-state index contributed by atoms with van der Waals surface area (Å²) >= 11 is 5.15. The minimum absolute atomic E-state index is 0.0162. The van der Waals surface area contributed by atoms with Crippen molar-refractivity contribution in [3.8, 4) is 0 Å². The highest BCUT2D eigenvalue weighted by Crippen LogP contribution is 2.34. The molecule has 3 unspecified atom stereocenters. The lowest BCUT2D eigenvalue weighted by atomic mass is 10.1. The van der Waals surface area contributed by atoms with E-state index in [2.05, 4.69) is 32.2 Å². The van der Waals surface area contributed by atoms with E-state index in [1.54, 1.807) is 11.3 Å². The van der Waals surface area contributed by atoms with Crippen LogP contribution in [0.25, 0.3) is 0 Å². The van der Waals surface area contributed by atoms with Gasteiger partial charge in [0.2, 0.25) is 5.91 Å². The Morgan fingerprint density at radius 1 is 1.42 bits per heavy atom. The molecule has 2 aliphatic rings. The van der Waals surface area contributed by atoms with Crippen LogP contribution in [0.15, 0.2) is 15.9 Å². The molecule has 3 nitrogen and oxygen atoms in total. The molecule has 3 heterocycles. The van der Waals surface area contributed by atoms with Gasteiger partial charge < -0.3 is 10.2 Å². The number of carbonyl (C=O) groups excluding carboxylic acids is 1. The molecule has 0 aromatic carbocycles. The van der Waals surface area contributed by atoms with Crippen molar-refractivity contribution >= 4 is 33.2 Å². The summed E-state index contributed by atoms with van der Waals surface area (Å²) in [5.41, 5.74) is 0. The lowest BCUT2D eigenvalue weighted by molar-refractivity contribution is -0.135. The maximum atomic E-state index is 12.8. The van der Waals surface area contributed by atoms with Gasteiger partial charge in [-0.25, -0.2) is 0 Å². The summed E-state index contributed by atoms with van der Waals surface area (Å²) in [5.74, 6) is 0.294. The van der Waals surface area contributed by atoms with Crippen molar-refractivity contribution in [2.45, 2.75) is 44.2 Å². The highest BCUT2D eigenvalue weighted by atomic mass is 79.9. The van der Waals surface area contributed by atoms with Gasteiger partial charge in [0.25, 0.3) is 0 Å². The van der Waals surface area contributed by atoms with Gasteiger partial charge in [0, 0.05) is 23.5 Å². The SMILES string of the molecule is CC(C(=O)N1C2CCNCC1CC2)c1ccc(Br)s1. The fourth-order valence-electron chi connectivity index (χ4n) is 3.25. The van der Waals surface area contributed by atoms with Crippen molar-refractivity contribution in [1.29, 1.82) is 0 Å². The molecule has 2 bridgehead atoms. The topological polar surface area (TPSA) is 32.3 Å². The quantitative estimate of drug-likeness (QED) is 0.895. The van der Waals surface area contributed by atoms with Crippen molar-refractivity contribution in [3.05, 3.63) is 20.8 Å². The van der Waals surface area contributed by atoms with Crippen LogP contribution in [0.2, 0.25) is 0 Å². The van der Waals surface area contributed by atoms with Gasteiger partial charge >= 0.3 is 0 Å². The zero-order chi connectivity index (χ0) is 13.4. The normalized spacial score (nSPS) is 28.2. The first-order chi connectivity index (χ1) is 9.16. The molecule has 1 N–H and O–H groups in total. The maximum absolute atomic E-state index is 12.8. The third-order valence-corrected chi connectivity index (χ3v) is 6.11. The average Bonchev–Trinajstić information content (AvgIpc) is 2.90. The summed E-state index contributed by atoms with van der Waals surface area (Å²) in [4.78, 5) is 16.2. The van der Waals surface area contributed by atoms with Gasteiger partial charge in [-0.15, -0.1) is 11.3 Å². The van der Waals surface area contributed by atoms with Crippen molar-refractivity contribution in [1.82, 2.24) is 10.2 Å². The summed E-state index contributed by atoms with van der Waals surface area (Å²) in [6.45, 7) is 4.05. The van der Waals surface area contributed by atoms with Gasteiger partial charge in [-0.3, -0.25) is 4.79 Å². The molecule has 2 aliphatic heterocycles. The number of nitrogens with zero attached hydrogens (tertiary/aromatic N) is 1. The molecular formula is C14H19BrN2OS. The first-order valence-electron chi connectivity index (χ1n) is 6.95. The average molecular weight is 343 g/mol. The van der Waals surface area contributed by atoms with Gasteiger partial charge in [0.15, 0.2) is 0 Å². The van der Waals surface area contributed by atoms with Crippen LogP contribution in [-0.2, 0) is 4.79 Å². The molecular weight excluding hydrogens is 324 g/mol. The molecule has 0 radical (unpaired) electrons. The third-order valence-electron chi connectivity index (χ3n) is 4.30.